The second kappa shape index (κ2) is 55.9. The number of ether oxygens (including phenoxy) is 3. The lowest BCUT2D eigenvalue weighted by Gasteiger charge is -2.18. The largest absolute Gasteiger partial charge is 0.462 e. The van der Waals surface area contributed by atoms with Crippen molar-refractivity contribution in [1.29, 1.82) is 0 Å². The molecule has 0 aliphatic rings. The number of carbonyl (C=O) groups excluding carboxylic acids is 3. The maximum Gasteiger partial charge on any atom is 0.306 e. The van der Waals surface area contributed by atoms with Crippen molar-refractivity contribution in [2.45, 2.75) is 264 Å². The summed E-state index contributed by atoms with van der Waals surface area (Å²) in [6, 6.07) is 0. The molecule has 0 heterocycles. The molecule has 0 aliphatic carbocycles. The van der Waals surface area contributed by atoms with Crippen LogP contribution in [0.1, 0.15) is 258 Å². The molecular weight excluding hydrogens is 841 g/mol. The first-order valence-electron chi connectivity index (χ1n) is 28.2. The van der Waals surface area contributed by atoms with E-state index in [-0.39, 0.29) is 37.5 Å². The molecule has 0 spiro atoms. The van der Waals surface area contributed by atoms with Crippen LogP contribution >= 0.6 is 0 Å². The van der Waals surface area contributed by atoms with Crippen molar-refractivity contribution in [2.24, 2.45) is 0 Å². The van der Waals surface area contributed by atoms with Gasteiger partial charge >= 0.3 is 17.9 Å². The predicted octanol–water partition coefficient (Wildman–Crippen LogP) is 18.9. The highest BCUT2D eigenvalue weighted by atomic mass is 16.6. The van der Waals surface area contributed by atoms with Gasteiger partial charge in [-0.15, -0.1) is 0 Å². The van der Waals surface area contributed by atoms with Gasteiger partial charge in [-0.1, -0.05) is 246 Å². The first kappa shape index (κ1) is 64.3. The average Bonchev–Trinajstić information content (AvgIpc) is 3.34. The van der Waals surface area contributed by atoms with E-state index in [0.717, 1.165) is 103 Å². The van der Waals surface area contributed by atoms with Crippen LogP contribution in [-0.2, 0) is 28.6 Å². The number of esters is 3. The van der Waals surface area contributed by atoms with Gasteiger partial charge in [0.15, 0.2) is 6.10 Å². The van der Waals surface area contributed by atoms with Gasteiger partial charge in [0.25, 0.3) is 0 Å². The van der Waals surface area contributed by atoms with E-state index in [0.29, 0.717) is 19.3 Å². The van der Waals surface area contributed by atoms with Gasteiger partial charge in [0.1, 0.15) is 13.2 Å². The van der Waals surface area contributed by atoms with E-state index in [9.17, 15) is 14.4 Å². The van der Waals surface area contributed by atoms with Gasteiger partial charge in [-0.3, -0.25) is 14.4 Å². The predicted molar refractivity (Wildman–Crippen MR) is 293 cm³/mol. The van der Waals surface area contributed by atoms with E-state index < -0.39 is 6.10 Å². The summed E-state index contributed by atoms with van der Waals surface area (Å²) >= 11 is 0. The van der Waals surface area contributed by atoms with Crippen molar-refractivity contribution < 1.29 is 28.6 Å². The highest BCUT2D eigenvalue weighted by Gasteiger charge is 2.19. The Bertz CT molecular complexity index is 1360. The molecule has 0 rings (SSSR count). The van der Waals surface area contributed by atoms with Crippen molar-refractivity contribution in [3.05, 3.63) is 97.2 Å². The van der Waals surface area contributed by atoms with E-state index in [4.69, 9.17) is 14.2 Å². The van der Waals surface area contributed by atoms with Gasteiger partial charge in [-0.25, -0.2) is 0 Å². The van der Waals surface area contributed by atoms with Gasteiger partial charge in [-0.2, -0.15) is 0 Å². The summed E-state index contributed by atoms with van der Waals surface area (Å²) in [5, 5.41) is 0. The van der Waals surface area contributed by atoms with Crippen LogP contribution in [0.5, 0.6) is 0 Å². The summed E-state index contributed by atoms with van der Waals surface area (Å²) in [5.74, 6) is -1.00. The molecule has 6 heteroatoms. The summed E-state index contributed by atoms with van der Waals surface area (Å²) in [5.41, 5.74) is 0. The molecule has 0 saturated heterocycles. The minimum absolute atomic E-state index is 0.107. The molecule has 0 unspecified atom stereocenters. The summed E-state index contributed by atoms with van der Waals surface area (Å²) in [6.07, 6.45) is 74.0. The number of unbranched alkanes of at least 4 members (excludes halogenated alkanes) is 23. The van der Waals surface area contributed by atoms with Crippen molar-refractivity contribution in [2.75, 3.05) is 13.2 Å². The fourth-order valence-corrected chi connectivity index (χ4v) is 7.62. The van der Waals surface area contributed by atoms with E-state index in [1.807, 2.05) is 6.08 Å². The number of allylic oxidation sites excluding steroid dienone is 16. The molecule has 0 saturated carbocycles. The van der Waals surface area contributed by atoms with Crippen LogP contribution in [0.4, 0.5) is 0 Å². The van der Waals surface area contributed by atoms with E-state index in [2.05, 4.69) is 112 Å². The summed E-state index contributed by atoms with van der Waals surface area (Å²) < 4.78 is 16.8. The minimum atomic E-state index is -0.813. The highest BCUT2D eigenvalue weighted by molar-refractivity contribution is 5.71. The third-order valence-electron chi connectivity index (χ3n) is 11.8. The van der Waals surface area contributed by atoms with Gasteiger partial charge in [-0.05, 0) is 89.9 Å². The zero-order chi connectivity index (χ0) is 49.3. The molecular formula is C62H104O6. The van der Waals surface area contributed by atoms with Crippen LogP contribution in [0.2, 0.25) is 0 Å². The number of carbonyl (C=O) groups is 3. The molecule has 1 atom stereocenters. The van der Waals surface area contributed by atoms with E-state index >= 15 is 0 Å². The van der Waals surface area contributed by atoms with Gasteiger partial charge < -0.3 is 14.2 Å². The zero-order valence-corrected chi connectivity index (χ0v) is 44.3. The molecule has 0 amide bonds. The van der Waals surface area contributed by atoms with Crippen molar-refractivity contribution in [3.63, 3.8) is 0 Å². The average molecular weight is 946 g/mol. The van der Waals surface area contributed by atoms with Crippen molar-refractivity contribution in [3.8, 4) is 0 Å². The van der Waals surface area contributed by atoms with Crippen molar-refractivity contribution >= 4 is 17.9 Å². The molecule has 388 valence electrons. The summed E-state index contributed by atoms with van der Waals surface area (Å²) in [7, 11) is 0. The SMILES string of the molecule is CC/C=C/C/C=C/C/C=C/C/C=C/C/C=C/C/C=C/CCC(=O)OC[C@@H](COC(=O)CCCCCCC/C=C/C/C=C/CCCCC)OC(=O)CCCCCCCCCCCCCCCCCC. The summed E-state index contributed by atoms with van der Waals surface area (Å²) in [6.45, 7) is 6.43. The van der Waals surface area contributed by atoms with Gasteiger partial charge in [0.05, 0.1) is 0 Å². The minimum Gasteiger partial charge on any atom is -0.462 e. The fourth-order valence-electron chi connectivity index (χ4n) is 7.62. The highest BCUT2D eigenvalue weighted by Crippen LogP contribution is 2.15. The second-order valence-electron chi connectivity index (χ2n) is 18.5. The summed E-state index contributed by atoms with van der Waals surface area (Å²) in [4.78, 5) is 38.1. The molecule has 6 nitrogen and oxygen atoms in total. The molecule has 0 radical (unpaired) electrons. The lowest BCUT2D eigenvalue weighted by molar-refractivity contribution is -0.166. The molecule has 0 aromatic carbocycles. The Morgan fingerprint density at radius 2 is 0.603 bits per heavy atom. The lowest BCUT2D eigenvalue weighted by atomic mass is 10.0. The fraction of sp³-hybridized carbons (Fsp3) is 0.694. The smallest absolute Gasteiger partial charge is 0.306 e. The van der Waals surface area contributed by atoms with Crippen LogP contribution in [0.3, 0.4) is 0 Å². The molecule has 0 aliphatic heterocycles. The third-order valence-corrected chi connectivity index (χ3v) is 11.8. The quantitative estimate of drug-likeness (QED) is 0.0262. The van der Waals surface area contributed by atoms with Crippen LogP contribution in [0, 0.1) is 0 Å². The van der Waals surface area contributed by atoms with Gasteiger partial charge in [0, 0.05) is 19.3 Å². The molecule has 0 fully saturated rings. The molecule has 0 aromatic heterocycles. The normalized spacial score (nSPS) is 12.8. The van der Waals surface area contributed by atoms with Crippen LogP contribution in [0.15, 0.2) is 97.2 Å². The molecule has 68 heavy (non-hydrogen) atoms. The number of rotatable bonds is 50. The van der Waals surface area contributed by atoms with E-state index in [1.54, 1.807) is 0 Å². The number of hydrogen-bond donors (Lipinski definition) is 0. The van der Waals surface area contributed by atoms with Gasteiger partial charge in [0.2, 0.25) is 0 Å². The number of hydrogen-bond acceptors (Lipinski definition) is 6. The van der Waals surface area contributed by atoms with E-state index in [1.165, 1.54) is 109 Å². The Labute approximate surface area is 419 Å². The first-order chi connectivity index (χ1) is 33.5. The maximum atomic E-state index is 12.8. The Kier molecular flexibility index (Phi) is 52.9. The molecule has 0 bridgehead atoms. The molecule has 0 aromatic rings. The molecule has 0 N–H and O–H groups in total. The Hall–Kier alpha value is -3.67. The third kappa shape index (κ3) is 53.3. The zero-order valence-electron chi connectivity index (χ0n) is 44.3. The monoisotopic (exact) mass is 945 g/mol. The second-order valence-corrected chi connectivity index (χ2v) is 18.5. The van der Waals surface area contributed by atoms with Crippen molar-refractivity contribution in [1.82, 2.24) is 0 Å². The first-order valence-corrected chi connectivity index (χ1v) is 28.2. The Morgan fingerprint density at radius 3 is 1.01 bits per heavy atom. The maximum absolute atomic E-state index is 12.8. The van der Waals surface area contributed by atoms with Crippen LogP contribution in [0.25, 0.3) is 0 Å². The Morgan fingerprint density at radius 1 is 0.309 bits per heavy atom. The lowest BCUT2D eigenvalue weighted by Crippen LogP contribution is -2.30. The van der Waals surface area contributed by atoms with Crippen LogP contribution in [-0.4, -0.2) is 37.2 Å². The Balaban J connectivity index is 4.51. The topological polar surface area (TPSA) is 78.9 Å². The standard InChI is InChI=1S/C62H104O6/c1-4-7-10-13-16-19-22-25-28-30-31-32-35-37-40-43-46-49-52-55-61(64)67-58-59(57-66-60(63)54-51-48-45-42-39-36-33-27-24-21-18-15-12-9-6-3)68-62(65)56-53-50-47-44-41-38-34-29-26-23-20-17-14-11-8-5-2/h7,10,16,18-19,21,25,27-28,31-33,37,40,46,49,59H,4-6,8-9,11-15,17,20,22-24,26,29-30,34-36,38-39,41-45,47-48,50-58H2,1-3H3/b10-7+,19-16+,21-18+,28-25+,32-31+,33-27+,40-37+,49-46+/t59-/m1/s1. The van der Waals surface area contributed by atoms with Crippen LogP contribution < -0.4 is 0 Å².